The molecule has 0 aromatic heterocycles. The SMILES string of the molecule is C[CH2][Ge]([CH2]C)([CH2]C)[O]CC(C)(C)C[O][Ge]([CH2]C)([CH2]C)[CH2]C. The van der Waals surface area contributed by atoms with Crippen molar-refractivity contribution >= 4 is 27.2 Å². The van der Waals surface area contributed by atoms with Gasteiger partial charge in [-0.25, -0.2) is 0 Å². The summed E-state index contributed by atoms with van der Waals surface area (Å²) in [4.78, 5) is 0. The maximum absolute atomic E-state index is 6.54. The van der Waals surface area contributed by atoms with Crippen LogP contribution in [0.25, 0.3) is 0 Å². The van der Waals surface area contributed by atoms with Gasteiger partial charge < -0.3 is 0 Å². The van der Waals surface area contributed by atoms with E-state index >= 15 is 0 Å². The van der Waals surface area contributed by atoms with Gasteiger partial charge >= 0.3 is 140 Å². The second-order valence-electron chi connectivity index (χ2n) is 7.23. The predicted octanol–water partition coefficient (Wildman–Crippen LogP) is 6.06. The monoisotopic (exact) mass is 424 g/mol. The van der Waals surface area contributed by atoms with Gasteiger partial charge in [-0.15, -0.1) is 0 Å². The third kappa shape index (κ3) is 6.97. The predicted molar refractivity (Wildman–Crippen MR) is 100 cm³/mol. The Kier molecular flexibility index (Phi) is 10.5. The summed E-state index contributed by atoms with van der Waals surface area (Å²) in [5.41, 5.74) is 0.159. The van der Waals surface area contributed by atoms with Gasteiger partial charge in [-0.2, -0.15) is 0 Å². The van der Waals surface area contributed by atoms with Crippen molar-refractivity contribution in [2.24, 2.45) is 5.41 Å². The van der Waals surface area contributed by atoms with Gasteiger partial charge in [-0.1, -0.05) is 0 Å². The molecule has 0 aromatic carbocycles. The zero-order valence-corrected chi connectivity index (χ0v) is 20.2. The van der Waals surface area contributed by atoms with Crippen molar-refractivity contribution in [1.82, 2.24) is 0 Å². The molecule has 0 heterocycles. The van der Waals surface area contributed by atoms with Crippen LogP contribution in [-0.2, 0) is 7.53 Å². The van der Waals surface area contributed by atoms with Gasteiger partial charge in [0.05, 0.1) is 0 Å². The summed E-state index contributed by atoms with van der Waals surface area (Å²) in [6.07, 6.45) is 0. The van der Waals surface area contributed by atoms with Crippen LogP contribution in [0.15, 0.2) is 0 Å². The van der Waals surface area contributed by atoms with Crippen LogP contribution in [-0.4, -0.2) is 40.4 Å². The summed E-state index contributed by atoms with van der Waals surface area (Å²) in [6.45, 7) is 20.3. The molecule has 0 rings (SSSR count). The molecule has 0 bridgehead atoms. The second-order valence-corrected chi connectivity index (χ2v) is 27.3. The van der Waals surface area contributed by atoms with Gasteiger partial charge in [0.1, 0.15) is 0 Å². The summed E-state index contributed by atoms with van der Waals surface area (Å²) in [6, 6.07) is 0. The van der Waals surface area contributed by atoms with E-state index in [1.54, 1.807) is 0 Å². The van der Waals surface area contributed by atoms with Crippen LogP contribution >= 0.6 is 0 Å². The minimum atomic E-state index is -2.00. The molecule has 128 valence electrons. The molecule has 0 amide bonds. The molecule has 0 atom stereocenters. The molecule has 0 aliphatic carbocycles. The third-order valence-corrected chi connectivity index (χ3v) is 24.8. The van der Waals surface area contributed by atoms with E-state index in [1.165, 1.54) is 31.5 Å². The van der Waals surface area contributed by atoms with Crippen LogP contribution in [0.2, 0.25) is 31.5 Å². The summed E-state index contributed by atoms with van der Waals surface area (Å²) < 4.78 is 13.1. The van der Waals surface area contributed by atoms with E-state index in [4.69, 9.17) is 7.53 Å². The fourth-order valence-corrected chi connectivity index (χ4v) is 14.6. The van der Waals surface area contributed by atoms with E-state index in [0.29, 0.717) is 0 Å². The summed E-state index contributed by atoms with van der Waals surface area (Å²) in [7, 11) is 0. The Balaban J connectivity index is 4.56. The first-order valence-corrected chi connectivity index (χ1v) is 19.7. The molecule has 4 heteroatoms. The van der Waals surface area contributed by atoms with Gasteiger partial charge in [-0.05, 0) is 0 Å². The van der Waals surface area contributed by atoms with Crippen molar-refractivity contribution in [3.05, 3.63) is 0 Å². The van der Waals surface area contributed by atoms with E-state index in [0.717, 1.165) is 13.2 Å². The Morgan fingerprint density at radius 1 is 0.571 bits per heavy atom. The molecule has 0 spiro atoms. The van der Waals surface area contributed by atoms with Gasteiger partial charge in [0.2, 0.25) is 0 Å². The Morgan fingerprint density at radius 2 is 0.810 bits per heavy atom. The van der Waals surface area contributed by atoms with Gasteiger partial charge in [0, 0.05) is 0 Å². The standard InChI is InChI=1S/C17H40Ge2O2/c1-9-18(10-2,11-3)20-15-17(7,8)16-21-19(12-4,13-5)14-6/h9-16H2,1-8H3. The molecule has 0 radical (unpaired) electrons. The molecule has 0 fully saturated rings. The zero-order valence-electron chi connectivity index (χ0n) is 16.0. The Hall–Kier alpha value is 1.01. The summed E-state index contributed by atoms with van der Waals surface area (Å²) in [5.74, 6) is 0. The number of hydrogen-bond donors (Lipinski definition) is 0. The first kappa shape index (κ1) is 22.0. The van der Waals surface area contributed by atoms with Crippen LogP contribution < -0.4 is 0 Å². The van der Waals surface area contributed by atoms with Gasteiger partial charge in [0.25, 0.3) is 0 Å². The van der Waals surface area contributed by atoms with Gasteiger partial charge in [0.15, 0.2) is 0 Å². The number of hydrogen-bond acceptors (Lipinski definition) is 2. The molecule has 0 saturated carbocycles. The molecule has 0 N–H and O–H groups in total. The Bertz CT molecular complexity index is 229. The molecule has 0 aliphatic heterocycles. The fraction of sp³-hybridized carbons (Fsp3) is 1.00. The average molecular weight is 422 g/mol. The van der Waals surface area contributed by atoms with E-state index in [9.17, 15) is 0 Å². The van der Waals surface area contributed by atoms with Crippen molar-refractivity contribution < 1.29 is 7.53 Å². The molecule has 21 heavy (non-hydrogen) atoms. The molecular formula is C17H40Ge2O2. The molecule has 0 aromatic rings. The third-order valence-electron chi connectivity index (χ3n) is 5.40. The first-order valence-electron chi connectivity index (χ1n) is 9.06. The Morgan fingerprint density at radius 3 is 1.00 bits per heavy atom. The van der Waals surface area contributed by atoms with Crippen LogP contribution in [0.4, 0.5) is 0 Å². The second kappa shape index (κ2) is 9.99. The summed E-state index contributed by atoms with van der Waals surface area (Å²) >= 11 is -4.01. The van der Waals surface area contributed by atoms with Gasteiger partial charge in [-0.3, -0.25) is 0 Å². The minimum absolute atomic E-state index is 0.159. The quantitative estimate of drug-likeness (QED) is 0.357. The van der Waals surface area contributed by atoms with Crippen molar-refractivity contribution in [2.45, 2.75) is 86.9 Å². The van der Waals surface area contributed by atoms with Crippen LogP contribution in [0.5, 0.6) is 0 Å². The van der Waals surface area contributed by atoms with E-state index < -0.39 is 27.2 Å². The van der Waals surface area contributed by atoms with Crippen LogP contribution in [0.1, 0.15) is 55.4 Å². The van der Waals surface area contributed by atoms with Crippen molar-refractivity contribution in [2.75, 3.05) is 13.2 Å². The molecule has 0 aliphatic rings. The van der Waals surface area contributed by atoms with Crippen LogP contribution in [0, 0.1) is 5.41 Å². The summed E-state index contributed by atoms with van der Waals surface area (Å²) in [5, 5.41) is 7.69. The first-order chi connectivity index (χ1) is 9.78. The van der Waals surface area contributed by atoms with Crippen LogP contribution in [0.3, 0.4) is 0 Å². The molecule has 0 saturated heterocycles. The topological polar surface area (TPSA) is 18.5 Å². The maximum atomic E-state index is 6.54. The van der Waals surface area contributed by atoms with Crippen molar-refractivity contribution in [3.63, 3.8) is 0 Å². The average Bonchev–Trinajstić information content (AvgIpc) is 2.51. The fourth-order valence-electron chi connectivity index (χ4n) is 2.85. The van der Waals surface area contributed by atoms with Crippen molar-refractivity contribution in [1.29, 1.82) is 0 Å². The van der Waals surface area contributed by atoms with E-state index in [2.05, 4.69) is 55.4 Å². The van der Waals surface area contributed by atoms with E-state index in [1.807, 2.05) is 0 Å². The zero-order chi connectivity index (χ0) is 16.6. The van der Waals surface area contributed by atoms with Crippen molar-refractivity contribution in [3.8, 4) is 0 Å². The molecular weight excluding hydrogens is 381 g/mol. The van der Waals surface area contributed by atoms with E-state index in [-0.39, 0.29) is 5.41 Å². The molecule has 2 nitrogen and oxygen atoms in total. The Labute approximate surface area is 140 Å². The molecule has 0 unspecified atom stereocenters. The normalized spacial score (nSPS) is 13.7. The number of rotatable bonds is 12.